The second-order valence-corrected chi connectivity index (χ2v) is 8.43. The number of alkyl halides is 3. The SMILES string of the molecule is COc1ccc2ccc(-c3nnc4ccc([C@@H](N5CCC(N)C5)C(F)(F)F)cn34)nc2c1Cl.Cl. The number of likely N-dealkylation sites (tertiary alicyclic amines) is 1. The Kier molecular flexibility index (Phi) is 6.61. The molecule has 1 unspecified atom stereocenters. The first-order valence-corrected chi connectivity index (χ1v) is 10.7. The molecule has 2 atom stereocenters. The molecule has 1 aliphatic rings. The maximum Gasteiger partial charge on any atom is 0.408 e. The third-order valence-electron chi connectivity index (χ3n) is 5.89. The summed E-state index contributed by atoms with van der Waals surface area (Å²) in [4.78, 5) is 5.97. The van der Waals surface area contributed by atoms with Crippen LogP contribution in [0, 0.1) is 0 Å². The van der Waals surface area contributed by atoms with Gasteiger partial charge in [-0.3, -0.25) is 9.30 Å². The van der Waals surface area contributed by atoms with Gasteiger partial charge >= 0.3 is 6.18 Å². The first-order chi connectivity index (χ1) is 15.8. The van der Waals surface area contributed by atoms with E-state index < -0.39 is 12.2 Å². The number of fused-ring (bicyclic) bond motifs is 2. The molecule has 12 heteroatoms. The molecule has 2 N–H and O–H groups in total. The van der Waals surface area contributed by atoms with E-state index in [2.05, 4.69) is 15.2 Å². The zero-order valence-corrected chi connectivity index (χ0v) is 19.5. The number of nitrogens with two attached hydrogens (primary N) is 1. The number of pyridine rings is 2. The van der Waals surface area contributed by atoms with E-state index in [0.717, 1.165) is 5.39 Å². The van der Waals surface area contributed by atoms with Crippen LogP contribution in [0.4, 0.5) is 13.2 Å². The summed E-state index contributed by atoms with van der Waals surface area (Å²) in [7, 11) is 1.51. The molecule has 34 heavy (non-hydrogen) atoms. The summed E-state index contributed by atoms with van der Waals surface area (Å²) in [5.74, 6) is 0.783. The lowest BCUT2D eigenvalue weighted by atomic mass is 10.1. The van der Waals surface area contributed by atoms with E-state index in [9.17, 15) is 13.2 Å². The van der Waals surface area contributed by atoms with E-state index in [-0.39, 0.29) is 37.1 Å². The summed E-state index contributed by atoms with van der Waals surface area (Å²) >= 11 is 6.42. The molecule has 4 aromatic rings. The van der Waals surface area contributed by atoms with E-state index in [4.69, 9.17) is 22.1 Å². The third-order valence-corrected chi connectivity index (χ3v) is 6.25. The van der Waals surface area contributed by atoms with Crippen molar-refractivity contribution in [3.05, 3.63) is 53.2 Å². The molecular formula is C22H21Cl2F3N6O. The van der Waals surface area contributed by atoms with Crippen LogP contribution in [0.2, 0.25) is 5.02 Å². The molecule has 180 valence electrons. The van der Waals surface area contributed by atoms with Crippen molar-refractivity contribution in [1.29, 1.82) is 0 Å². The van der Waals surface area contributed by atoms with E-state index >= 15 is 0 Å². The van der Waals surface area contributed by atoms with Gasteiger partial charge in [0, 0.05) is 30.7 Å². The molecule has 5 rings (SSSR count). The van der Waals surface area contributed by atoms with Crippen LogP contribution in [0.5, 0.6) is 5.75 Å². The lowest BCUT2D eigenvalue weighted by molar-refractivity contribution is -0.183. The molecule has 1 fully saturated rings. The number of hydrogen-bond donors (Lipinski definition) is 1. The van der Waals surface area contributed by atoms with E-state index in [1.54, 1.807) is 12.1 Å². The quantitative estimate of drug-likeness (QED) is 0.428. The number of aromatic nitrogens is 4. The van der Waals surface area contributed by atoms with Crippen molar-refractivity contribution in [3.8, 4) is 17.3 Å². The molecule has 1 aliphatic heterocycles. The number of rotatable bonds is 4. The monoisotopic (exact) mass is 512 g/mol. The fraction of sp³-hybridized carbons (Fsp3) is 0.318. The predicted molar refractivity (Wildman–Crippen MR) is 125 cm³/mol. The Morgan fingerprint density at radius 1 is 1.15 bits per heavy atom. The Morgan fingerprint density at radius 2 is 1.91 bits per heavy atom. The highest BCUT2D eigenvalue weighted by atomic mass is 35.5. The van der Waals surface area contributed by atoms with Crippen molar-refractivity contribution in [2.45, 2.75) is 24.7 Å². The topological polar surface area (TPSA) is 81.6 Å². The fourth-order valence-corrected chi connectivity index (χ4v) is 4.61. The van der Waals surface area contributed by atoms with E-state index in [1.807, 2.05) is 12.1 Å². The predicted octanol–water partition coefficient (Wildman–Crippen LogP) is 4.66. The van der Waals surface area contributed by atoms with Gasteiger partial charge in [-0.15, -0.1) is 22.6 Å². The van der Waals surface area contributed by atoms with Gasteiger partial charge in [-0.25, -0.2) is 4.98 Å². The van der Waals surface area contributed by atoms with Gasteiger partial charge in [0.1, 0.15) is 22.5 Å². The molecule has 4 heterocycles. The third kappa shape index (κ3) is 4.26. The van der Waals surface area contributed by atoms with Crippen LogP contribution >= 0.6 is 24.0 Å². The number of benzene rings is 1. The van der Waals surface area contributed by atoms with Crippen molar-refractivity contribution in [3.63, 3.8) is 0 Å². The molecule has 0 bridgehead atoms. The number of methoxy groups -OCH3 is 1. The Hall–Kier alpha value is -2.66. The normalized spacial score (nSPS) is 17.8. The maximum atomic E-state index is 14.1. The smallest absolute Gasteiger partial charge is 0.408 e. The molecule has 3 aromatic heterocycles. The zero-order valence-electron chi connectivity index (χ0n) is 18.0. The summed E-state index contributed by atoms with van der Waals surface area (Å²) in [5, 5.41) is 9.42. The number of ether oxygens (including phenoxy) is 1. The summed E-state index contributed by atoms with van der Waals surface area (Å²) in [6.45, 7) is 0.467. The minimum Gasteiger partial charge on any atom is -0.495 e. The average Bonchev–Trinajstić information content (AvgIpc) is 3.39. The van der Waals surface area contributed by atoms with Gasteiger partial charge in [-0.05, 0) is 36.2 Å². The van der Waals surface area contributed by atoms with Gasteiger partial charge < -0.3 is 10.5 Å². The van der Waals surface area contributed by atoms with Crippen LogP contribution in [0.15, 0.2) is 42.6 Å². The van der Waals surface area contributed by atoms with Crippen molar-refractivity contribution >= 4 is 40.6 Å². The molecule has 1 saturated heterocycles. The molecule has 0 saturated carbocycles. The highest BCUT2D eigenvalue weighted by Crippen LogP contribution is 2.39. The lowest BCUT2D eigenvalue weighted by Gasteiger charge is -2.30. The van der Waals surface area contributed by atoms with Crippen LogP contribution in [0.25, 0.3) is 28.1 Å². The Balaban J connectivity index is 0.00000274. The van der Waals surface area contributed by atoms with Gasteiger partial charge in [0.15, 0.2) is 11.5 Å². The minimum absolute atomic E-state index is 0. The van der Waals surface area contributed by atoms with Crippen molar-refractivity contribution in [1.82, 2.24) is 24.5 Å². The molecule has 0 radical (unpaired) electrons. The molecule has 0 spiro atoms. The van der Waals surface area contributed by atoms with Crippen molar-refractivity contribution in [2.75, 3.05) is 20.2 Å². The number of nitrogens with zero attached hydrogens (tertiary/aromatic N) is 5. The van der Waals surface area contributed by atoms with Gasteiger partial charge in [-0.2, -0.15) is 13.2 Å². The Labute approximate surface area is 204 Å². The van der Waals surface area contributed by atoms with Crippen LogP contribution in [0.3, 0.4) is 0 Å². The van der Waals surface area contributed by atoms with Crippen molar-refractivity contribution < 1.29 is 17.9 Å². The van der Waals surface area contributed by atoms with Crippen molar-refractivity contribution in [2.24, 2.45) is 5.73 Å². The molecule has 7 nitrogen and oxygen atoms in total. The maximum absolute atomic E-state index is 14.1. The lowest BCUT2D eigenvalue weighted by Crippen LogP contribution is -2.38. The largest absolute Gasteiger partial charge is 0.495 e. The second kappa shape index (κ2) is 9.18. The van der Waals surface area contributed by atoms with Gasteiger partial charge in [0.2, 0.25) is 0 Å². The van der Waals surface area contributed by atoms with E-state index in [0.29, 0.717) is 39.9 Å². The molecule has 0 aliphatic carbocycles. The first kappa shape index (κ1) is 24.5. The molecule has 0 amide bonds. The molecular weight excluding hydrogens is 492 g/mol. The highest BCUT2D eigenvalue weighted by Gasteiger charge is 2.46. The summed E-state index contributed by atoms with van der Waals surface area (Å²) in [5.41, 5.74) is 7.30. The number of halogens is 5. The fourth-order valence-electron chi connectivity index (χ4n) is 4.32. The second-order valence-electron chi connectivity index (χ2n) is 8.05. The van der Waals surface area contributed by atoms with Crippen LogP contribution < -0.4 is 10.5 Å². The van der Waals surface area contributed by atoms with Crippen LogP contribution in [0.1, 0.15) is 18.0 Å². The molecule has 1 aromatic carbocycles. The Bertz CT molecular complexity index is 1350. The number of hydrogen-bond acceptors (Lipinski definition) is 6. The van der Waals surface area contributed by atoms with E-state index in [1.165, 1.54) is 34.7 Å². The van der Waals surface area contributed by atoms with Crippen LogP contribution in [-0.2, 0) is 0 Å². The van der Waals surface area contributed by atoms with Gasteiger partial charge in [0.25, 0.3) is 0 Å². The summed E-state index contributed by atoms with van der Waals surface area (Å²) in [6, 6.07) is 8.04. The summed E-state index contributed by atoms with van der Waals surface area (Å²) < 4.78 is 49.0. The summed E-state index contributed by atoms with van der Waals surface area (Å²) in [6.07, 6.45) is -2.51. The highest BCUT2D eigenvalue weighted by molar-refractivity contribution is 6.36. The average molecular weight is 513 g/mol. The van der Waals surface area contributed by atoms with Crippen LogP contribution in [-0.4, -0.2) is 56.9 Å². The standard InChI is InChI=1S/C22H20ClF3N6O.ClH/c1-33-16-6-3-12-2-5-15(28-19(12)18(16)23)21-30-29-17-7-4-13(10-32(17)21)20(22(24,25)26)31-9-8-14(27)11-31;/h2-7,10,14,20H,8-9,11,27H2,1H3;1H/t14?,20-;/m1./s1. The van der Waals surface area contributed by atoms with Gasteiger partial charge in [0.05, 0.1) is 12.6 Å². The zero-order chi connectivity index (χ0) is 23.3. The minimum atomic E-state index is -4.46. The van der Waals surface area contributed by atoms with Gasteiger partial charge in [-0.1, -0.05) is 23.7 Å². The Morgan fingerprint density at radius 3 is 2.59 bits per heavy atom. The first-order valence-electron chi connectivity index (χ1n) is 10.3.